The Labute approximate surface area is 218 Å². The van der Waals surface area contributed by atoms with Gasteiger partial charge in [0.2, 0.25) is 0 Å². The minimum absolute atomic E-state index is 0.0508. The molecule has 0 fully saturated rings. The lowest BCUT2D eigenvalue weighted by molar-refractivity contribution is 0.406. The van der Waals surface area contributed by atoms with Crippen LogP contribution in [0.2, 0.25) is 5.02 Å². The van der Waals surface area contributed by atoms with Crippen molar-refractivity contribution in [2.24, 2.45) is 0 Å². The number of halogens is 3. The number of aryl methyl sites for hydroxylation is 1. The fourth-order valence-corrected chi connectivity index (χ4v) is 6.02. The average Bonchev–Trinajstić information content (AvgIpc) is 3.27. The van der Waals surface area contributed by atoms with E-state index in [2.05, 4.69) is 4.57 Å². The number of ether oxygens (including phenoxy) is 2. The zero-order valence-corrected chi connectivity index (χ0v) is 21.5. The Balaban J connectivity index is 1.61. The normalized spacial score (nSPS) is 15.0. The molecule has 0 bridgehead atoms. The van der Waals surface area contributed by atoms with Crippen LogP contribution in [0.4, 0.5) is 8.78 Å². The predicted molar refractivity (Wildman–Crippen MR) is 139 cm³/mol. The van der Waals surface area contributed by atoms with Crippen molar-refractivity contribution in [3.63, 3.8) is 0 Å². The van der Waals surface area contributed by atoms with Gasteiger partial charge in [0.1, 0.15) is 23.1 Å². The molecular weight excluding hydrogens is 502 g/mol. The van der Waals surface area contributed by atoms with E-state index in [9.17, 15) is 8.78 Å². The fraction of sp³-hybridized carbons (Fsp3) is 0.250. The van der Waals surface area contributed by atoms with Gasteiger partial charge in [-0.25, -0.2) is 13.8 Å². The number of thioether (sulfide) groups is 1. The summed E-state index contributed by atoms with van der Waals surface area (Å²) in [5.41, 5.74) is 4.41. The van der Waals surface area contributed by atoms with E-state index in [1.165, 1.54) is 37.1 Å². The molecule has 1 aromatic heterocycles. The molecule has 1 atom stereocenters. The van der Waals surface area contributed by atoms with Crippen molar-refractivity contribution in [2.45, 2.75) is 36.1 Å². The molecule has 0 N–H and O–H groups in total. The third-order valence-electron chi connectivity index (χ3n) is 6.50. The summed E-state index contributed by atoms with van der Waals surface area (Å²) >= 11 is 7.73. The summed E-state index contributed by atoms with van der Waals surface area (Å²) in [5.74, 6) is 0.880. The van der Waals surface area contributed by atoms with E-state index >= 15 is 0 Å². The van der Waals surface area contributed by atoms with Crippen molar-refractivity contribution in [3.05, 3.63) is 99.8 Å². The number of benzene rings is 3. The second-order valence-electron chi connectivity index (χ2n) is 8.59. The van der Waals surface area contributed by atoms with Gasteiger partial charge < -0.3 is 9.47 Å². The van der Waals surface area contributed by atoms with Crippen LogP contribution in [0.15, 0.2) is 65.8 Å². The topological polar surface area (TPSA) is 36.3 Å². The second-order valence-corrected chi connectivity index (χ2v) is 9.94. The quantitative estimate of drug-likeness (QED) is 0.232. The number of rotatable bonds is 7. The zero-order valence-electron chi connectivity index (χ0n) is 19.9. The van der Waals surface area contributed by atoms with Crippen LogP contribution >= 0.6 is 23.4 Å². The highest BCUT2D eigenvalue weighted by molar-refractivity contribution is 7.98. The standard InChI is InChI=1S/C28H25ClF2N2O2S/c1-34-25-8-4-6-23(31)21(25)16-36-28-32-24-7-3-5-20(17-9-14-22(29)26(15-17)35-2)27(24)33(28)19-12-10-18(30)11-13-19/h4,6,8-15,20H,3,5,7,16H2,1-2H3. The van der Waals surface area contributed by atoms with Crippen LogP contribution < -0.4 is 9.47 Å². The average molecular weight is 527 g/mol. The first-order valence-corrected chi connectivity index (χ1v) is 13.0. The van der Waals surface area contributed by atoms with Gasteiger partial charge in [0.05, 0.1) is 30.6 Å². The van der Waals surface area contributed by atoms with Gasteiger partial charge in [0.25, 0.3) is 0 Å². The molecule has 0 spiro atoms. The second kappa shape index (κ2) is 10.5. The maximum absolute atomic E-state index is 14.6. The van der Waals surface area contributed by atoms with Gasteiger partial charge in [-0.05, 0) is 73.4 Å². The molecule has 0 saturated carbocycles. The molecule has 4 nitrogen and oxygen atoms in total. The number of hydrogen-bond donors (Lipinski definition) is 0. The van der Waals surface area contributed by atoms with Crippen molar-refractivity contribution in [1.82, 2.24) is 9.55 Å². The van der Waals surface area contributed by atoms with Gasteiger partial charge in [-0.1, -0.05) is 35.5 Å². The number of methoxy groups -OCH3 is 2. The van der Waals surface area contributed by atoms with Gasteiger partial charge in [-0.3, -0.25) is 4.57 Å². The molecule has 1 aliphatic carbocycles. The summed E-state index contributed by atoms with van der Waals surface area (Å²) in [6, 6.07) is 17.0. The van der Waals surface area contributed by atoms with E-state index in [1.807, 2.05) is 18.2 Å². The Bertz CT molecular complexity index is 1390. The lowest BCUT2D eigenvalue weighted by atomic mass is 9.84. The highest BCUT2D eigenvalue weighted by Gasteiger charge is 2.30. The van der Waals surface area contributed by atoms with Crippen molar-refractivity contribution in [1.29, 1.82) is 0 Å². The summed E-state index contributed by atoms with van der Waals surface area (Å²) in [6.45, 7) is 0. The minimum Gasteiger partial charge on any atom is -0.496 e. The maximum Gasteiger partial charge on any atom is 0.173 e. The fourth-order valence-electron chi connectivity index (χ4n) is 4.77. The Hall–Kier alpha value is -3.03. The molecule has 1 unspecified atom stereocenters. The molecule has 0 saturated heterocycles. The SMILES string of the molecule is COc1cc(C2CCCc3nc(SCc4c(F)cccc4OC)n(-c4ccc(F)cc4)c32)ccc1Cl. The van der Waals surface area contributed by atoms with Crippen LogP contribution in [0.25, 0.3) is 5.69 Å². The maximum atomic E-state index is 14.6. The minimum atomic E-state index is -0.322. The summed E-state index contributed by atoms with van der Waals surface area (Å²) in [5, 5.41) is 1.28. The predicted octanol–water partition coefficient (Wildman–Crippen LogP) is 7.58. The summed E-state index contributed by atoms with van der Waals surface area (Å²) in [6.07, 6.45) is 2.74. The first kappa shape index (κ1) is 24.7. The highest BCUT2D eigenvalue weighted by atomic mass is 35.5. The number of aromatic nitrogens is 2. The molecule has 4 aromatic rings. The zero-order chi connectivity index (χ0) is 25.2. The monoisotopic (exact) mass is 526 g/mol. The van der Waals surface area contributed by atoms with E-state index in [-0.39, 0.29) is 17.6 Å². The number of hydrogen-bond acceptors (Lipinski definition) is 4. The van der Waals surface area contributed by atoms with Gasteiger partial charge in [0, 0.05) is 22.9 Å². The molecule has 1 aliphatic rings. The molecule has 0 amide bonds. The third kappa shape index (κ3) is 4.70. The van der Waals surface area contributed by atoms with Gasteiger partial charge in [0.15, 0.2) is 5.16 Å². The van der Waals surface area contributed by atoms with Crippen LogP contribution in [0.3, 0.4) is 0 Å². The van der Waals surface area contributed by atoms with E-state index in [0.29, 0.717) is 27.8 Å². The van der Waals surface area contributed by atoms with Crippen LogP contribution in [0, 0.1) is 11.6 Å². The molecule has 0 aliphatic heterocycles. The van der Waals surface area contributed by atoms with Gasteiger partial charge >= 0.3 is 0 Å². The molecule has 0 radical (unpaired) electrons. The Morgan fingerprint density at radius 3 is 2.56 bits per heavy atom. The van der Waals surface area contributed by atoms with Crippen molar-refractivity contribution >= 4 is 23.4 Å². The summed E-state index contributed by atoms with van der Waals surface area (Å²) < 4.78 is 41.4. The van der Waals surface area contributed by atoms with E-state index in [0.717, 1.165) is 47.1 Å². The number of imidazole rings is 1. The van der Waals surface area contributed by atoms with Crippen molar-refractivity contribution < 1.29 is 18.3 Å². The lowest BCUT2D eigenvalue weighted by Crippen LogP contribution is -2.15. The molecule has 1 heterocycles. The van der Waals surface area contributed by atoms with Crippen LogP contribution in [0.1, 0.15) is 41.3 Å². The molecule has 36 heavy (non-hydrogen) atoms. The van der Waals surface area contributed by atoms with Crippen molar-refractivity contribution in [3.8, 4) is 17.2 Å². The highest BCUT2D eigenvalue weighted by Crippen LogP contribution is 2.43. The Morgan fingerprint density at radius 2 is 1.81 bits per heavy atom. The van der Waals surface area contributed by atoms with Gasteiger partial charge in [-0.15, -0.1) is 0 Å². The first-order valence-electron chi connectivity index (χ1n) is 11.6. The Kier molecular flexibility index (Phi) is 7.21. The smallest absolute Gasteiger partial charge is 0.173 e. The summed E-state index contributed by atoms with van der Waals surface area (Å²) in [7, 11) is 3.14. The van der Waals surface area contributed by atoms with E-state index in [4.69, 9.17) is 26.1 Å². The number of nitrogens with zero attached hydrogens (tertiary/aromatic N) is 2. The lowest BCUT2D eigenvalue weighted by Gasteiger charge is -2.26. The molecular formula is C28H25ClF2N2O2S. The van der Waals surface area contributed by atoms with Crippen LogP contribution in [-0.2, 0) is 12.2 Å². The first-order chi connectivity index (χ1) is 17.5. The third-order valence-corrected chi connectivity index (χ3v) is 7.78. The Morgan fingerprint density at radius 1 is 1.03 bits per heavy atom. The molecule has 3 aromatic carbocycles. The summed E-state index contributed by atoms with van der Waals surface area (Å²) in [4.78, 5) is 5.00. The van der Waals surface area contributed by atoms with Crippen LogP contribution in [0.5, 0.6) is 11.5 Å². The number of fused-ring (bicyclic) bond motifs is 1. The molecule has 8 heteroatoms. The molecule has 5 rings (SSSR count). The van der Waals surface area contributed by atoms with Gasteiger partial charge in [-0.2, -0.15) is 0 Å². The van der Waals surface area contributed by atoms with E-state index in [1.54, 1.807) is 31.4 Å². The van der Waals surface area contributed by atoms with Crippen LogP contribution in [-0.4, -0.2) is 23.8 Å². The molecule has 186 valence electrons. The van der Waals surface area contributed by atoms with Crippen molar-refractivity contribution in [2.75, 3.05) is 14.2 Å². The largest absolute Gasteiger partial charge is 0.496 e. The van der Waals surface area contributed by atoms with E-state index < -0.39 is 0 Å².